The molecule has 1 aliphatic heterocycles. The zero-order valence-electron chi connectivity index (χ0n) is 24.4. The number of rotatable bonds is 6. The number of benzene rings is 6. The Hall–Kier alpha value is -5.86. The summed E-state index contributed by atoms with van der Waals surface area (Å²) in [4.78, 5) is 2.18. The molecule has 0 atom stereocenters. The first-order chi connectivity index (χ1) is 21.7. The number of nitrogens with zero attached hydrogens (tertiary/aromatic N) is 1. The van der Waals surface area contributed by atoms with Crippen LogP contribution in [0.4, 0.5) is 11.4 Å². The molecule has 2 nitrogen and oxygen atoms in total. The van der Waals surface area contributed by atoms with Gasteiger partial charge in [0.05, 0.1) is 11.4 Å². The first-order valence-electron chi connectivity index (χ1n) is 14.9. The summed E-state index contributed by atoms with van der Waals surface area (Å²) < 4.78 is 0. The molecule has 0 fully saturated rings. The van der Waals surface area contributed by atoms with Crippen molar-refractivity contribution in [3.63, 3.8) is 0 Å². The summed E-state index contributed by atoms with van der Waals surface area (Å²) in [5.74, 6) is 0.622. The lowest BCUT2D eigenvalue weighted by Crippen LogP contribution is -2.23. The van der Waals surface area contributed by atoms with Crippen LogP contribution in [0.5, 0.6) is 0 Å². The molecule has 1 heterocycles. The fourth-order valence-electron chi connectivity index (χ4n) is 6.12. The Labute approximate surface area is 259 Å². The number of hydrogen-bond donors (Lipinski definition) is 1. The molecule has 0 saturated carbocycles. The van der Waals surface area contributed by atoms with Gasteiger partial charge in [0.15, 0.2) is 0 Å². The predicted octanol–water partition coefficient (Wildman–Crippen LogP) is 10.9. The maximum atomic E-state index is 7.16. The fourth-order valence-corrected chi connectivity index (χ4v) is 6.12. The quantitative estimate of drug-likeness (QED) is 0.204. The van der Waals surface area contributed by atoms with Crippen molar-refractivity contribution in [3.8, 4) is 44.5 Å². The van der Waals surface area contributed by atoms with E-state index in [1.165, 1.54) is 11.1 Å². The van der Waals surface area contributed by atoms with Crippen molar-refractivity contribution < 1.29 is 0 Å². The van der Waals surface area contributed by atoms with Crippen molar-refractivity contribution in [2.45, 2.75) is 0 Å². The number of hydrogen-bond acceptors (Lipinski definition) is 2. The van der Waals surface area contributed by atoms with Crippen LogP contribution in [0.15, 0.2) is 182 Å². The fraction of sp³-hybridized carbons (Fsp3) is 0. The Kier molecular flexibility index (Phi) is 7.24. The molecular formula is C42H32N2. The van der Waals surface area contributed by atoms with Gasteiger partial charge < -0.3 is 5.73 Å². The largest absolute Gasteiger partial charge is 0.385 e. The Bertz CT molecular complexity index is 1910. The van der Waals surface area contributed by atoms with Gasteiger partial charge >= 0.3 is 0 Å². The molecule has 0 saturated heterocycles. The second kappa shape index (κ2) is 11.8. The minimum Gasteiger partial charge on any atom is -0.385 e. The normalized spacial score (nSPS) is 12.5. The first-order valence-corrected chi connectivity index (χ1v) is 14.9. The van der Waals surface area contributed by atoms with Gasteiger partial charge in [0.2, 0.25) is 0 Å². The summed E-state index contributed by atoms with van der Waals surface area (Å²) in [6.07, 6.45) is 5.94. The van der Waals surface area contributed by atoms with E-state index in [1.54, 1.807) is 0 Å². The Morgan fingerprint density at radius 3 is 1.41 bits per heavy atom. The van der Waals surface area contributed by atoms with E-state index in [0.29, 0.717) is 5.82 Å². The lowest BCUT2D eigenvalue weighted by atomic mass is 9.93. The van der Waals surface area contributed by atoms with E-state index >= 15 is 0 Å². The summed E-state index contributed by atoms with van der Waals surface area (Å²) in [6, 6.07) is 53.3. The van der Waals surface area contributed by atoms with Gasteiger partial charge in [0.1, 0.15) is 5.82 Å². The minimum absolute atomic E-state index is 0.622. The molecule has 2 N–H and O–H groups in total. The summed E-state index contributed by atoms with van der Waals surface area (Å²) >= 11 is 0. The van der Waals surface area contributed by atoms with Gasteiger partial charge in [0.25, 0.3) is 0 Å². The first kappa shape index (κ1) is 27.0. The third-order valence-corrected chi connectivity index (χ3v) is 8.14. The lowest BCUT2D eigenvalue weighted by molar-refractivity contribution is 1.13. The van der Waals surface area contributed by atoms with Crippen molar-refractivity contribution >= 4 is 16.9 Å². The number of allylic oxidation sites excluding steroid dienone is 4. The second-order valence-electron chi connectivity index (χ2n) is 10.9. The van der Waals surface area contributed by atoms with Crippen LogP contribution in [-0.4, -0.2) is 0 Å². The van der Waals surface area contributed by atoms with Gasteiger partial charge in [-0.25, -0.2) is 0 Å². The molecule has 0 aromatic heterocycles. The molecule has 6 aromatic rings. The van der Waals surface area contributed by atoms with E-state index in [9.17, 15) is 0 Å². The number of para-hydroxylation sites is 2. The molecule has 0 amide bonds. The highest BCUT2D eigenvalue weighted by molar-refractivity contribution is 6.00. The molecule has 44 heavy (non-hydrogen) atoms. The van der Waals surface area contributed by atoms with E-state index in [-0.39, 0.29) is 0 Å². The average molecular weight is 565 g/mol. The van der Waals surface area contributed by atoms with Crippen LogP contribution in [0.25, 0.3) is 50.1 Å². The molecule has 6 aromatic carbocycles. The van der Waals surface area contributed by atoms with Crippen molar-refractivity contribution in [1.29, 1.82) is 0 Å². The number of anilines is 2. The van der Waals surface area contributed by atoms with Crippen LogP contribution in [0.3, 0.4) is 0 Å². The zero-order valence-corrected chi connectivity index (χ0v) is 24.4. The van der Waals surface area contributed by atoms with Crippen LogP contribution in [0.2, 0.25) is 0 Å². The van der Waals surface area contributed by atoms with Gasteiger partial charge in [-0.3, -0.25) is 4.90 Å². The van der Waals surface area contributed by atoms with Crippen LogP contribution in [-0.2, 0) is 0 Å². The molecule has 210 valence electrons. The van der Waals surface area contributed by atoms with E-state index in [2.05, 4.69) is 157 Å². The molecule has 1 aliphatic rings. The maximum absolute atomic E-state index is 7.16. The third kappa shape index (κ3) is 5.04. The SMILES string of the molecule is C=C/C=C(\C=C(/N)N1c2ccccc2-c2ccccc2-c2ccccc21)c1cc(-c2ccccc2)cc(-c2ccccc2)c1. The molecule has 0 aliphatic carbocycles. The average Bonchev–Trinajstić information content (AvgIpc) is 3.21. The standard InChI is InChI=1S/C42H32N2/c1-2-15-32(35-27-33(30-16-5-3-6-17-30)26-34(28-35)31-18-7-4-8-19-31)29-42(43)44-40-24-13-11-22-38(40)36-20-9-10-21-37(36)39-23-12-14-25-41(39)44/h2-29H,1,43H2/b32-15+,42-29+. The number of nitrogens with two attached hydrogens (primary N) is 1. The van der Waals surface area contributed by atoms with E-state index in [0.717, 1.165) is 55.9 Å². The monoisotopic (exact) mass is 564 g/mol. The van der Waals surface area contributed by atoms with Crippen LogP contribution in [0, 0.1) is 0 Å². The van der Waals surface area contributed by atoms with Crippen LogP contribution < -0.4 is 10.6 Å². The van der Waals surface area contributed by atoms with E-state index < -0.39 is 0 Å². The van der Waals surface area contributed by atoms with Crippen LogP contribution in [0.1, 0.15) is 5.56 Å². The zero-order chi connectivity index (χ0) is 29.9. The van der Waals surface area contributed by atoms with E-state index in [1.807, 2.05) is 24.3 Å². The second-order valence-corrected chi connectivity index (χ2v) is 10.9. The summed E-state index contributed by atoms with van der Waals surface area (Å²) in [7, 11) is 0. The van der Waals surface area contributed by atoms with Crippen molar-refractivity contribution in [2.24, 2.45) is 5.73 Å². The predicted molar refractivity (Wildman–Crippen MR) is 187 cm³/mol. The molecule has 0 bridgehead atoms. The lowest BCUT2D eigenvalue weighted by Gasteiger charge is -2.27. The van der Waals surface area contributed by atoms with Gasteiger partial charge in [-0.1, -0.05) is 140 Å². The van der Waals surface area contributed by atoms with Crippen molar-refractivity contribution in [1.82, 2.24) is 0 Å². The van der Waals surface area contributed by atoms with Crippen LogP contribution >= 0.6 is 0 Å². The minimum atomic E-state index is 0.622. The molecular weight excluding hydrogens is 532 g/mol. The summed E-state index contributed by atoms with van der Waals surface area (Å²) in [5.41, 5.74) is 20.6. The Morgan fingerprint density at radius 1 is 0.500 bits per heavy atom. The molecule has 7 rings (SSSR count). The Morgan fingerprint density at radius 2 is 0.932 bits per heavy atom. The van der Waals surface area contributed by atoms with Crippen molar-refractivity contribution in [3.05, 3.63) is 188 Å². The molecule has 2 heteroatoms. The van der Waals surface area contributed by atoms with Gasteiger partial charge in [-0.05, 0) is 80.9 Å². The highest BCUT2D eigenvalue weighted by Gasteiger charge is 2.25. The van der Waals surface area contributed by atoms with Gasteiger partial charge in [0, 0.05) is 11.1 Å². The molecule has 0 unspecified atom stereocenters. The highest BCUT2D eigenvalue weighted by atomic mass is 15.2. The van der Waals surface area contributed by atoms with Gasteiger partial charge in [-0.2, -0.15) is 0 Å². The molecule has 0 radical (unpaired) electrons. The Balaban J connectivity index is 1.42. The topological polar surface area (TPSA) is 29.3 Å². The van der Waals surface area contributed by atoms with Crippen molar-refractivity contribution in [2.75, 3.05) is 4.90 Å². The number of fused-ring (bicyclic) bond motifs is 5. The molecule has 0 spiro atoms. The maximum Gasteiger partial charge on any atom is 0.108 e. The highest BCUT2D eigenvalue weighted by Crippen LogP contribution is 2.48. The van der Waals surface area contributed by atoms with E-state index in [4.69, 9.17) is 5.73 Å². The van der Waals surface area contributed by atoms with Gasteiger partial charge in [-0.15, -0.1) is 0 Å². The smallest absolute Gasteiger partial charge is 0.108 e. The summed E-state index contributed by atoms with van der Waals surface area (Å²) in [5, 5.41) is 0. The summed E-state index contributed by atoms with van der Waals surface area (Å²) in [6.45, 7) is 4.06. The third-order valence-electron chi connectivity index (χ3n) is 8.14.